The van der Waals surface area contributed by atoms with Crippen LogP contribution in [0.25, 0.3) is 0 Å². The van der Waals surface area contributed by atoms with Crippen LogP contribution in [0.15, 0.2) is 28.5 Å². The molecule has 0 radical (unpaired) electrons. The van der Waals surface area contributed by atoms with Gasteiger partial charge >= 0.3 is 5.69 Å². The Morgan fingerprint density at radius 3 is 3.07 bits per heavy atom. The number of rotatable bonds is 2. The largest absolute Gasteiger partial charge is 0.385 e. The number of thiophene rings is 1. The van der Waals surface area contributed by atoms with Crippen molar-refractivity contribution in [1.29, 1.82) is 0 Å². The van der Waals surface area contributed by atoms with E-state index in [1.165, 1.54) is 11.1 Å². The number of H-pyrrole nitrogens is 1. The van der Waals surface area contributed by atoms with Crippen molar-refractivity contribution >= 4 is 17.2 Å². The van der Waals surface area contributed by atoms with E-state index in [9.17, 15) is 4.79 Å². The molecule has 0 fully saturated rings. The molecule has 0 amide bonds. The topological polar surface area (TPSA) is 71.8 Å². The van der Waals surface area contributed by atoms with Gasteiger partial charge in [-0.3, -0.25) is 4.98 Å². The lowest BCUT2D eigenvalue weighted by atomic mass is 10.2. The van der Waals surface area contributed by atoms with E-state index in [0.717, 1.165) is 5.56 Å². The second-order valence-corrected chi connectivity index (χ2v) is 3.92. The lowest BCUT2D eigenvalue weighted by molar-refractivity contribution is 1.03. The Morgan fingerprint density at radius 2 is 2.43 bits per heavy atom. The van der Waals surface area contributed by atoms with E-state index < -0.39 is 5.69 Å². The minimum Gasteiger partial charge on any atom is -0.385 e. The molecule has 0 spiro atoms. The first-order chi connectivity index (χ1) is 6.75. The van der Waals surface area contributed by atoms with Crippen LogP contribution in [0.2, 0.25) is 0 Å². The Labute approximate surface area is 84.4 Å². The van der Waals surface area contributed by atoms with Crippen molar-refractivity contribution in [2.45, 2.75) is 6.42 Å². The zero-order valence-corrected chi connectivity index (χ0v) is 8.17. The fourth-order valence-corrected chi connectivity index (χ4v) is 1.90. The number of nitrogens with one attached hydrogen (secondary N) is 1. The van der Waals surface area contributed by atoms with Gasteiger partial charge in [-0.05, 0) is 11.4 Å². The molecule has 14 heavy (non-hydrogen) atoms. The Bertz CT molecular complexity index is 475. The molecule has 0 saturated heterocycles. The average molecular weight is 207 g/mol. The maximum Gasteiger partial charge on any atom is 0.346 e. The summed E-state index contributed by atoms with van der Waals surface area (Å²) >= 11 is 1.66. The summed E-state index contributed by atoms with van der Waals surface area (Å²) in [5.41, 5.74) is 6.10. The zero-order valence-electron chi connectivity index (χ0n) is 7.36. The van der Waals surface area contributed by atoms with E-state index in [2.05, 4.69) is 9.97 Å². The Hall–Kier alpha value is -1.62. The SMILES string of the molecule is Nc1[nH]c(=O)ncc1Cc1cccs1. The third kappa shape index (κ3) is 1.82. The van der Waals surface area contributed by atoms with Crippen LogP contribution < -0.4 is 11.4 Å². The van der Waals surface area contributed by atoms with Gasteiger partial charge in [-0.2, -0.15) is 0 Å². The van der Waals surface area contributed by atoms with E-state index >= 15 is 0 Å². The van der Waals surface area contributed by atoms with Gasteiger partial charge in [0, 0.05) is 23.1 Å². The van der Waals surface area contributed by atoms with Crippen LogP contribution in [0.5, 0.6) is 0 Å². The summed E-state index contributed by atoms with van der Waals surface area (Å²) in [6.07, 6.45) is 2.24. The molecule has 0 aliphatic rings. The van der Waals surface area contributed by atoms with Gasteiger partial charge in [0.15, 0.2) is 0 Å². The van der Waals surface area contributed by atoms with Gasteiger partial charge in [0.05, 0.1) is 0 Å². The molecule has 0 atom stereocenters. The highest BCUT2D eigenvalue weighted by atomic mass is 32.1. The maximum atomic E-state index is 10.8. The molecule has 0 bridgehead atoms. The van der Waals surface area contributed by atoms with E-state index in [1.807, 2.05) is 17.5 Å². The first kappa shape index (κ1) is 8.96. The zero-order chi connectivity index (χ0) is 9.97. The molecule has 2 rings (SSSR count). The summed E-state index contributed by atoms with van der Waals surface area (Å²) in [5.74, 6) is 0.401. The summed E-state index contributed by atoms with van der Waals surface area (Å²) in [4.78, 5) is 18.1. The highest BCUT2D eigenvalue weighted by molar-refractivity contribution is 7.09. The third-order valence-corrected chi connectivity index (χ3v) is 2.75. The van der Waals surface area contributed by atoms with Gasteiger partial charge in [0.1, 0.15) is 5.82 Å². The lowest BCUT2D eigenvalue weighted by Gasteiger charge is -2.01. The number of hydrogen-bond acceptors (Lipinski definition) is 4. The van der Waals surface area contributed by atoms with E-state index in [4.69, 9.17) is 5.73 Å². The predicted molar refractivity (Wildman–Crippen MR) is 56.4 cm³/mol. The van der Waals surface area contributed by atoms with Crippen molar-refractivity contribution in [3.8, 4) is 0 Å². The monoisotopic (exact) mass is 207 g/mol. The normalized spacial score (nSPS) is 10.3. The van der Waals surface area contributed by atoms with E-state index in [0.29, 0.717) is 12.2 Å². The van der Waals surface area contributed by atoms with Crippen LogP contribution in [0, 0.1) is 0 Å². The number of nitrogens with two attached hydrogens (primary N) is 1. The molecule has 2 aromatic heterocycles. The number of nitrogen functional groups attached to an aromatic ring is 1. The highest BCUT2D eigenvalue weighted by Crippen LogP contribution is 2.16. The molecule has 0 saturated carbocycles. The standard InChI is InChI=1S/C9H9N3OS/c10-8-6(5-11-9(13)12-8)4-7-2-1-3-14-7/h1-3,5H,4H2,(H3,10,11,12,13). The van der Waals surface area contributed by atoms with Gasteiger partial charge in [-0.1, -0.05) is 6.07 Å². The number of anilines is 1. The van der Waals surface area contributed by atoms with Gasteiger partial charge < -0.3 is 5.73 Å². The maximum absolute atomic E-state index is 10.8. The van der Waals surface area contributed by atoms with Crippen LogP contribution in [-0.2, 0) is 6.42 Å². The van der Waals surface area contributed by atoms with Crippen LogP contribution in [0.3, 0.4) is 0 Å². The Morgan fingerprint density at radius 1 is 1.57 bits per heavy atom. The highest BCUT2D eigenvalue weighted by Gasteiger charge is 2.02. The lowest BCUT2D eigenvalue weighted by Crippen LogP contribution is -2.13. The Balaban J connectivity index is 2.30. The van der Waals surface area contributed by atoms with Crippen molar-refractivity contribution in [3.05, 3.63) is 44.6 Å². The first-order valence-electron chi connectivity index (χ1n) is 4.12. The number of aromatic nitrogens is 2. The van der Waals surface area contributed by atoms with Crippen molar-refractivity contribution in [2.75, 3.05) is 5.73 Å². The number of nitrogens with zero attached hydrogens (tertiary/aromatic N) is 1. The third-order valence-electron chi connectivity index (χ3n) is 1.87. The minimum absolute atomic E-state index is 0.401. The molecule has 0 unspecified atom stereocenters. The number of hydrogen-bond donors (Lipinski definition) is 2. The molecule has 4 nitrogen and oxygen atoms in total. The first-order valence-corrected chi connectivity index (χ1v) is 5.00. The molecular weight excluding hydrogens is 198 g/mol. The average Bonchev–Trinajstić information content (AvgIpc) is 2.62. The minimum atomic E-state index is -0.405. The molecule has 2 heterocycles. The van der Waals surface area contributed by atoms with E-state index in [1.54, 1.807) is 11.3 Å². The molecular formula is C9H9N3OS. The molecule has 72 valence electrons. The summed E-state index contributed by atoms with van der Waals surface area (Å²) in [5, 5.41) is 2.00. The smallest absolute Gasteiger partial charge is 0.346 e. The van der Waals surface area contributed by atoms with Crippen LogP contribution in [-0.4, -0.2) is 9.97 Å². The number of aromatic amines is 1. The molecule has 0 aliphatic heterocycles. The van der Waals surface area contributed by atoms with Crippen molar-refractivity contribution in [3.63, 3.8) is 0 Å². The summed E-state index contributed by atoms with van der Waals surface area (Å²) in [6, 6.07) is 4.00. The summed E-state index contributed by atoms with van der Waals surface area (Å²) in [6.45, 7) is 0. The van der Waals surface area contributed by atoms with Gasteiger partial charge in [-0.15, -0.1) is 11.3 Å². The summed E-state index contributed by atoms with van der Waals surface area (Å²) < 4.78 is 0. The molecule has 0 aliphatic carbocycles. The molecule has 3 N–H and O–H groups in total. The van der Waals surface area contributed by atoms with Crippen LogP contribution in [0.4, 0.5) is 5.82 Å². The quantitative estimate of drug-likeness (QED) is 0.771. The van der Waals surface area contributed by atoms with Gasteiger partial charge in [0.2, 0.25) is 0 Å². The van der Waals surface area contributed by atoms with Gasteiger partial charge in [-0.25, -0.2) is 9.78 Å². The van der Waals surface area contributed by atoms with Crippen molar-refractivity contribution < 1.29 is 0 Å². The molecule has 2 aromatic rings. The Kier molecular flexibility index (Phi) is 2.32. The van der Waals surface area contributed by atoms with Crippen molar-refractivity contribution in [1.82, 2.24) is 9.97 Å². The molecule has 5 heteroatoms. The van der Waals surface area contributed by atoms with Crippen LogP contribution >= 0.6 is 11.3 Å². The summed E-state index contributed by atoms with van der Waals surface area (Å²) in [7, 11) is 0. The predicted octanol–water partition coefficient (Wildman–Crippen LogP) is 1.00. The van der Waals surface area contributed by atoms with Gasteiger partial charge in [0.25, 0.3) is 0 Å². The second-order valence-electron chi connectivity index (χ2n) is 2.88. The molecule has 0 aromatic carbocycles. The van der Waals surface area contributed by atoms with E-state index in [-0.39, 0.29) is 0 Å². The van der Waals surface area contributed by atoms with Crippen molar-refractivity contribution in [2.24, 2.45) is 0 Å². The fraction of sp³-hybridized carbons (Fsp3) is 0.111. The second kappa shape index (κ2) is 3.63. The van der Waals surface area contributed by atoms with Crippen LogP contribution in [0.1, 0.15) is 10.4 Å². The fourth-order valence-electron chi connectivity index (χ4n) is 1.18.